The lowest BCUT2D eigenvalue weighted by Gasteiger charge is -2.16. The van der Waals surface area contributed by atoms with E-state index < -0.39 is 39.0 Å². The summed E-state index contributed by atoms with van der Waals surface area (Å²) in [6.07, 6.45) is -11.1. The second-order valence-corrected chi connectivity index (χ2v) is 5.04. The van der Waals surface area contributed by atoms with E-state index in [0.717, 1.165) is 5.70 Å². The predicted octanol–water partition coefficient (Wildman–Crippen LogP) is 2.66. The topological polar surface area (TPSA) is 26.3 Å². The Morgan fingerprint density at radius 2 is 1.65 bits per heavy atom. The Balaban J connectivity index is 5.14. The SMILES string of the molecule is C=C[SiH](C)OC(=CC(=O)C(F)(F)F)C(F)(F)F. The van der Waals surface area contributed by atoms with E-state index in [1.807, 2.05) is 0 Å². The van der Waals surface area contributed by atoms with Crippen molar-refractivity contribution in [2.45, 2.75) is 18.9 Å². The molecule has 0 heterocycles. The summed E-state index contributed by atoms with van der Waals surface area (Å²) >= 11 is 0. The quantitative estimate of drug-likeness (QED) is 0.342. The van der Waals surface area contributed by atoms with Crippen LogP contribution in [-0.4, -0.2) is 27.2 Å². The van der Waals surface area contributed by atoms with Gasteiger partial charge in [-0.15, -0.1) is 6.58 Å². The fourth-order valence-electron chi connectivity index (χ4n) is 0.632. The van der Waals surface area contributed by atoms with Gasteiger partial charge < -0.3 is 4.43 Å². The number of ketones is 1. The Kier molecular flexibility index (Phi) is 4.99. The third-order valence-corrected chi connectivity index (χ3v) is 2.76. The molecule has 0 bridgehead atoms. The zero-order chi connectivity index (χ0) is 13.9. The van der Waals surface area contributed by atoms with E-state index in [1.54, 1.807) is 0 Å². The van der Waals surface area contributed by atoms with Gasteiger partial charge in [0.1, 0.15) is 0 Å². The van der Waals surface area contributed by atoms with Crippen LogP contribution >= 0.6 is 0 Å². The molecule has 17 heavy (non-hydrogen) atoms. The van der Waals surface area contributed by atoms with Gasteiger partial charge in [0.2, 0.25) is 0 Å². The maximum atomic E-state index is 12.2. The molecule has 0 aromatic heterocycles. The van der Waals surface area contributed by atoms with E-state index in [2.05, 4.69) is 11.0 Å². The van der Waals surface area contributed by atoms with E-state index in [1.165, 1.54) is 6.55 Å². The minimum absolute atomic E-state index is 0.590. The summed E-state index contributed by atoms with van der Waals surface area (Å²) in [5, 5.41) is 0. The molecule has 0 spiro atoms. The van der Waals surface area contributed by atoms with Crippen molar-refractivity contribution in [2.75, 3.05) is 0 Å². The second kappa shape index (κ2) is 5.39. The zero-order valence-electron chi connectivity index (χ0n) is 8.52. The molecule has 0 amide bonds. The Labute approximate surface area is 94.3 Å². The number of carbonyl (C=O) groups is 1. The summed E-state index contributed by atoms with van der Waals surface area (Å²) in [4.78, 5) is 10.4. The highest BCUT2D eigenvalue weighted by Gasteiger charge is 2.42. The standard InChI is InChI=1S/C8H8F6O2Si/c1-3-17(2)16-6(8(12,13)14)4-5(15)7(9,10)11/h3-4,17H,1H2,2H3. The lowest BCUT2D eigenvalue weighted by Crippen LogP contribution is -2.26. The molecule has 0 N–H and O–H groups in total. The predicted molar refractivity (Wildman–Crippen MR) is 49.5 cm³/mol. The molecule has 98 valence electrons. The molecular formula is C8H8F6O2Si. The van der Waals surface area contributed by atoms with Gasteiger partial charge in [0.15, 0.2) is 5.76 Å². The van der Waals surface area contributed by atoms with Gasteiger partial charge in [0.05, 0.1) is 0 Å². The van der Waals surface area contributed by atoms with Crippen molar-refractivity contribution < 1.29 is 35.6 Å². The molecule has 2 nitrogen and oxygen atoms in total. The van der Waals surface area contributed by atoms with Gasteiger partial charge >= 0.3 is 12.4 Å². The molecule has 0 rings (SSSR count). The van der Waals surface area contributed by atoms with Crippen LogP contribution in [0.25, 0.3) is 0 Å². The molecule has 9 heteroatoms. The normalized spacial score (nSPS) is 15.4. The van der Waals surface area contributed by atoms with Crippen molar-refractivity contribution in [3.05, 3.63) is 24.1 Å². The van der Waals surface area contributed by atoms with Gasteiger partial charge in [-0.3, -0.25) is 4.79 Å². The highest BCUT2D eigenvalue weighted by Crippen LogP contribution is 2.29. The average molecular weight is 278 g/mol. The Morgan fingerprint density at radius 1 is 1.18 bits per heavy atom. The van der Waals surface area contributed by atoms with Crippen LogP contribution in [0.5, 0.6) is 0 Å². The molecule has 0 aromatic carbocycles. The maximum Gasteiger partial charge on any atom is 0.454 e. The monoisotopic (exact) mass is 278 g/mol. The lowest BCUT2D eigenvalue weighted by atomic mass is 10.3. The first kappa shape index (κ1) is 15.7. The van der Waals surface area contributed by atoms with Crippen molar-refractivity contribution in [1.29, 1.82) is 0 Å². The second-order valence-electron chi connectivity index (χ2n) is 2.93. The highest BCUT2D eigenvalue weighted by molar-refractivity contribution is 6.56. The van der Waals surface area contributed by atoms with Crippen LogP contribution in [0.1, 0.15) is 0 Å². The number of alkyl halides is 6. The van der Waals surface area contributed by atoms with Crippen LogP contribution in [-0.2, 0) is 9.22 Å². The molecule has 0 saturated heterocycles. The Hall–Kier alpha value is -1.25. The molecule has 0 aromatic rings. The number of carbonyl (C=O) groups excluding carboxylic acids is 1. The molecule has 0 saturated carbocycles. The van der Waals surface area contributed by atoms with Crippen LogP contribution in [0, 0.1) is 0 Å². The van der Waals surface area contributed by atoms with Gasteiger partial charge in [-0.1, -0.05) is 5.70 Å². The molecule has 0 aliphatic rings. The number of halogens is 6. The van der Waals surface area contributed by atoms with E-state index in [-0.39, 0.29) is 0 Å². The number of hydrogen-bond acceptors (Lipinski definition) is 2. The maximum absolute atomic E-state index is 12.2. The van der Waals surface area contributed by atoms with E-state index >= 15 is 0 Å². The van der Waals surface area contributed by atoms with Crippen molar-refractivity contribution in [3.63, 3.8) is 0 Å². The van der Waals surface area contributed by atoms with Crippen LogP contribution in [0.4, 0.5) is 26.3 Å². The van der Waals surface area contributed by atoms with Gasteiger partial charge in [-0.2, -0.15) is 26.3 Å². The summed E-state index contributed by atoms with van der Waals surface area (Å²) in [6, 6.07) is 0. The molecule has 0 fully saturated rings. The molecule has 0 radical (unpaired) electrons. The van der Waals surface area contributed by atoms with Gasteiger partial charge in [-0.05, 0) is 6.55 Å². The summed E-state index contributed by atoms with van der Waals surface area (Å²) in [5.74, 6) is -4.56. The third-order valence-electron chi connectivity index (χ3n) is 1.47. The number of allylic oxidation sites excluding steroid dienone is 2. The first-order valence-electron chi connectivity index (χ1n) is 4.17. The minimum atomic E-state index is -5.36. The Morgan fingerprint density at radius 3 is 1.94 bits per heavy atom. The average Bonchev–Trinajstić information content (AvgIpc) is 2.13. The molecule has 1 unspecified atom stereocenters. The van der Waals surface area contributed by atoms with Crippen molar-refractivity contribution in [3.8, 4) is 0 Å². The summed E-state index contributed by atoms with van der Waals surface area (Å²) in [6.45, 7) is 4.43. The number of rotatable bonds is 4. The van der Waals surface area contributed by atoms with E-state index in [4.69, 9.17) is 0 Å². The first-order valence-corrected chi connectivity index (χ1v) is 6.47. The van der Waals surface area contributed by atoms with E-state index in [9.17, 15) is 31.1 Å². The van der Waals surface area contributed by atoms with Crippen molar-refractivity contribution in [1.82, 2.24) is 0 Å². The summed E-state index contributed by atoms with van der Waals surface area (Å²) in [5.41, 5.74) is 1.08. The largest absolute Gasteiger partial charge is 0.540 e. The summed E-state index contributed by atoms with van der Waals surface area (Å²) in [7, 11) is -2.50. The van der Waals surface area contributed by atoms with Crippen molar-refractivity contribution >= 4 is 14.8 Å². The first-order chi connectivity index (χ1) is 7.48. The molecular weight excluding hydrogens is 270 g/mol. The van der Waals surface area contributed by atoms with Gasteiger partial charge in [-0.25, -0.2) is 0 Å². The lowest BCUT2D eigenvalue weighted by molar-refractivity contribution is -0.166. The fourth-order valence-corrected chi connectivity index (χ4v) is 1.33. The number of hydrogen-bond donors (Lipinski definition) is 0. The van der Waals surface area contributed by atoms with Gasteiger partial charge in [0, 0.05) is 6.08 Å². The minimum Gasteiger partial charge on any atom is -0.540 e. The highest BCUT2D eigenvalue weighted by atomic mass is 28.3. The van der Waals surface area contributed by atoms with Crippen molar-refractivity contribution in [2.24, 2.45) is 0 Å². The van der Waals surface area contributed by atoms with Gasteiger partial charge in [0.25, 0.3) is 14.8 Å². The Bertz CT molecular complexity index is 330. The van der Waals surface area contributed by atoms with Crippen LogP contribution in [0.3, 0.4) is 0 Å². The molecule has 1 atom stereocenters. The molecule has 0 aliphatic carbocycles. The van der Waals surface area contributed by atoms with Crippen LogP contribution < -0.4 is 0 Å². The smallest absolute Gasteiger partial charge is 0.454 e. The van der Waals surface area contributed by atoms with Crippen LogP contribution in [0.2, 0.25) is 6.55 Å². The van der Waals surface area contributed by atoms with Crippen LogP contribution in [0.15, 0.2) is 24.1 Å². The third kappa shape index (κ3) is 5.57. The summed E-state index contributed by atoms with van der Waals surface area (Å²) < 4.78 is 76.4. The zero-order valence-corrected chi connectivity index (χ0v) is 9.68. The fraction of sp³-hybridized carbons (Fsp3) is 0.375. The van der Waals surface area contributed by atoms with E-state index in [0.29, 0.717) is 0 Å². The molecule has 0 aliphatic heterocycles.